The van der Waals surface area contributed by atoms with E-state index in [0.717, 1.165) is 12.2 Å². The SMILES string of the molecule is NCC1CCCC1Nc1ccc(Cl)c(Cl)c1. The van der Waals surface area contributed by atoms with Crippen LogP contribution in [0, 0.1) is 5.92 Å². The van der Waals surface area contributed by atoms with Crippen molar-refractivity contribution < 1.29 is 0 Å². The lowest BCUT2D eigenvalue weighted by Gasteiger charge is -2.20. The van der Waals surface area contributed by atoms with Gasteiger partial charge in [0.15, 0.2) is 0 Å². The summed E-state index contributed by atoms with van der Waals surface area (Å²) in [5.41, 5.74) is 6.77. The molecule has 2 rings (SSSR count). The minimum atomic E-state index is 0.474. The van der Waals surface area contributed by atoms with Gasteiger partial charge in [-0.15, -0.1) is 0 Å². The molecule has 2 nitrogen and oxygen atoms in total. The van der Waals surface area contributed by atoms with Gasteiger partial charge in [0.05, 0.1) is 10.0 Å². The van der Waals surface area contributed by atoms with E-state index >= 15 is 0 Å². The number of halogens is 2. The zero-order valence-corrected chi connectivity index (χ0v) is 10.6. The highest BCUT2D eigenvalue weighted by atomic mass is 35.5. The first-order valence-corrected chi connectivity index (χ1v) is 6.38. The third-order valence-electron chi connectivity index (χ3n) is 3.23. The molecular weight excluding hydrogens is 243 g/mol. The molecule has 88 valence electrons. The van der Waals surface area contributed by atoms with Crippen molar-refractivity contribution in [3.63, 3.8) is 0 Å². The van der Waals surface area contributed by atoms with Gasteiger partial charge in [-0.3, -0.25) is 0 Å². The van der Waals surface area contributed by atoms with Crippen molar-refractivity contribution in [1.82, 2.24) is 0 Å². The highest BCUT2D eigenvalue weighted by Gasteiger charge is 2.25. The van der Waals surface area contributed by atoms with E-state index in [-0.39, 0.29) is 0 Å². The van der Waals surface area contributed by atoms with Crippen molar-refractivity contribution >= 4 is 28.9 Å². The molecule has 0 bridgehead atoms. The smallest absolute Gasteiger partial charge is 0.0612 e. The largest absolute Gasteiger partial charge is 0.382 e. The summed E-state index contributed by atoms with van der Waals surface area (Å²) in [6, 6.07) is 6.12. The van der Waals surface area contributed by atoms with Crippen molar-refractivity contribution in [2.24, 2.45) is 11.7 Å². The minimum Gasteiger partial charge on any atom is -0.382 e. The molecule has 1 aliphatic carbocycles. The van der Waals surface area contributed by atoms with Gasteiger partial charge in [0.2, 0.25) is 0 Å². The molecule has 0 saturated heterocycles. The van der Waals surface area contributed by atoms with Gasteiger partial charge in [0.1, 0.15) is 0 Å². The zero-order chi connectivity index (χ0) is 11.5. The molecule has 0 spiro atoms. The Labute approximate surface area is 106 Å². The quantitative estimate of drug-likeness (QED) is 0.871. The van der Waals surface area contributed by atoms with Gasteiger partial charge in [-0.1, -0.05) is 29.6 Å². The van der Waals surface area contributed by atoms with Crippen LogP contribution in [0.1, 0.15) is 19.3 Å². The van der Waals surface area contributed by atoms with Crippen molar-refractivity contribution in [3.05, 3.63) is 28.2 Å². The first kappa shape index (κ1) is 12.0. The summed E-state index contributed by atoms with van der Waals surface area (Å²) in [5, 5.41) is 4.67. The molecule has 0 aliphatic heterocycles. The first-order valence-electron chi connectivity index (χ1n) is 5.62. The highest BCUT2D eigenvalue weighted by Crippen LogP contribution is 2.30. The Morgan fingerprint density at radius 3 is 2.75 bits per heavy atom. The molecule has 4 heteroatoms. The Hall–Kier alpha value is -0.440. The van der Waals surface area contributed by atoms with E-state index in [1.807, 2.05) is 18.2 Å². The summed E-state index contributed by atoms with van der Waals surface area (Å²) in [6.07, 6.45) is 3.65. The number of anilines is 1. The van der Waals surface area contributed by atoms with Crippen molar-refractivity contribution in [2.75, 3.05) is 11.9 Å². The summed E-state index contributed by atoms with van der Waals surface area (Å²) >= 11 is 11.8. The van der Waals surface area contributed by atoms with Gasteiger partial charge in [0.25, 0.3) is 0 Å². The molecule has 16 heavy (non-hydrogen) atoms. The Balaban J connectivity index is 2.05. The second kappa shape index (κ2) is 5.26. The fourth-order valence-corrected chi connectivity index (χ4v) is 2.61. The van der Waals surface area contributed by atoms with E-state index in [1.165, 1.54) is 19.3 Å². The van der Waals surface area contributed by atoms with Crippen LogP contribution in [-0.2, 0) is 0 Å². The summed E-state index contributed by atoms with van der Waals surface area (Å²) < 4.78 is 0. The maximum Gasteiger partial charge on any atom is 0.0612 e. The molecule has 1 saturated carbocycles. The zero-order valence-electron chi connectivity index (χ0n) is 9.05. The summed E-state index contributed by atoms with van der Waals surface area (Å²) in [5.74, 6) is 0.578. The molecule has 0 aromatic heterocycles. The molecule has 1 fully saturated rings. The van der Waals surface area contributed by atoms with E-state index in [1.54, 1.807) is 0 Å². The molecule has 2 atom stereocenters. The molecular formula is C12H16Cl2N2. The fraction of sp³-hybridized carbons (Fsp3) is 0.500. The minimum absolute atomic E-state index is 0.474. The van der Waals surface area contributed by atoms with Gasteiger partial charge >= 0.3 is 0 Å². The Bertz CT molecular complexity index is 368. The number of benzene rings is 1. The van der Waals surface area contributed by atoms with Crippen LogP contribution < -0.4 is 11.1 Å². The van der Waals surface area contributed by atoms with Crippen LogP contribution >= 0.6 is 23.2 Å². The van der Waals surface area contributed by atoms with Crippen LogP contribution in [0.15, 0.2) is 18.2 Å². The van der Waals surface area contributed by atoms with E-state index in [4.69, 9.17) is 28.9 Å². The normalized spacial score (nSPS) is 24.7. The van der Waals surface area contributed by atoms with E-state index < -0.39 is 0 Å². The van der Waals surface area contributed by atoms with Crippen LogP contribution in [0.25, 0.3) is 0 Å². The maximum atomic E-state index is 5.97. The van der Waals surface area contributed by atoms with Crippen LogP contribution in [0.3, 0.4) is 0 Å². The molecule has 1 aromatic rings. The topological polar surface area (TPSA) is 38.0 Å². The lowest BCUT2D eigenvalue weighted by Crippen LogP contribution is -2.29. The lowest BCUT2D eigenvalue weighted by molar-refractivity contribution is 0.516. The number of rotatable bonds is 3. The van der Waals surface area contributed by atoms with E-state index in [9.17, 15) is 0 Å². The average molecular weight is 259 g/mol. The number of nitrogens with two attached hydrogens (primary N) is 1. The number of nitrogens with one attached hydrogen (secondary N) is 1. The fourth-order valence-electron chi connectivity index (χ4n) is 2.31. The third-order valence-corrected chi connectivity index (χ3v) is 3.97. The summed E-state index contributed by atoms with van der Waals surface area (Å²) in [6.45, 7) is 0.749. The first-order chi connectivity index (χ1) is 7.70. The Morgan fingerprint density at radius 1 is 1.25 bits per heavy atom. The molecule has 0 heterocycles. The van der Waals surface area contributed by atoms with Crippen molar-refractivity contribution in [1.29, 1.82) is 0 Å². The number of hydrogen-bond acceptors (Lipinski definition) is 2. The van der Waals surface area contributed by atoms with Crippen LogP contribution in [0.4, 0.5) is 5.69 Å². The molecule has 1 aliphatic rings. The highest BCUT2D eigenvalue weighted by molar-refractivity contribution is 6.42. The average Bonchev–Trinajstić information content (AvgIpc) is 2.71. The van der Waals surface area contributed by atoms with Crippen LogP contribution in [0.2, 0.25) is 10.0 Å². The van der Waals surface area contributed by atoms with Gasteiger partial charge in [0, 0.05) is 11.7 Å². The molecule has 3 N–H and O–H groups in total. The van der Waals surface area contributed by atoms with Gasteiger partial charge < -0.3 is 11.1 Å². The number of hydrogen-bond donors (Lipinski definition) is 2. The second-order valence-corrected chi connectivity index (χ2v) is 5.12. The maximum absolute atomic E-state index is 5.97. The van der Waals surface area contributed by atoms with Gasteiger partial charge in [-0.05, 0) is 43.5 Å². The summed E-state index contributed by atoms with van der Waals surface area (Å²) in [7, 11) is 0. The van der Waals surface area contributed by atoms with Crippen molar-refractivity contribution in [2.45, 2.75) is 25.3 Å². The Kier molecular flexibility index (Phi) is 3.95. The summed E-state index contributed by atoms with van der Waals surface area (Å²) in [4.78, 5) is 0. The van der Waals surface area contributed by atoms with Gasteiger partial charge in [-0.25, -0.2) is 0 Å². The van der Waals surface area contributed by atoms with Crippen LogP contribution in [0.5, 0.6) is 0 Å². The monoisotopic (exact) mass is 258 g/mol. The van der Waals surface area contributed by atoms with Crippen LogP contribution in [-0.4, -0.2) is 12.6 Å². The van der Waals surface area contributed by atoms with Gasteiger partial charge in [-0.2, -0.15) is 0 Å². The predicted molar refractivity (Wildman–Crippen MR) is 70.3 cm³/mol. The third kappa shape index (κ3) is 2.62. The van der Waals surface area contributed by atoms with Crippen molar-refractivity contribution in [3.8, 4) is 0 Å². The Morgan fingerprint density at radius 2 is 2.06 bits per heavy atom. The molecule has 2 unspecified atom stereocenters. The molecule has 0 amide bonds. The predicted octanol–water partition coefficient (Wildman–Crippen LogP) is 3.53. The lowest BCUT2D eigenvalue weighted by atomic mass is 10.0. The standard InChI is InChI=1S/C12H16Cl2N2/c13-10-5-4-9(6-11(10)14)16-12-3-1-2-8(12)7-15/h4-6,8,12,16H,1-3,7,15H2. The molecule has 0 radical (unpaired) electrons. The second-order valence-electron chi connectivity index (χ2n) is 4.31. The van der Waals surface area contributed by atoms with E-state index in [0.29, 0.717) is 22.0 Å². The molecule has 1 aromatic carbocycles. The van der Waals surface area contributed by atoms with E-state index in [2.05, 4.69) is 5.32 Å².